The fourth-order valence-electron chi connectivity index (χ4n) is 1.20. The van der Waals surface area contributed by atoms with Gasteiger partial charge in [0.2, 0.25) is 5.91 Å². The maximum atomic E-state index is 11.4. The van der Waals surface area contributed by atoms with Crippen LogP contribution in [-0.2, 0) is 16.1 Å². The Balaban J connectivity index is 2.25. The van der Waals surface area contributed by atoms with Crippen LogP contribution in [0.5, 0.6) is 0 Å². The molecule has 0 aromatic carbocycles. The average Bonchev–Trinajstić information content (AvgIpc) is 2.67. The van der Waals surface area contributed by atoms with Crippen molar-refractivity contribution in [2.24, 2.45) is 0 Å². The van der Waals surface area contributed by atoms with Gasteiger partial charge >= 0.3 is 5.97 Å². The summed E-state index contributed by atoms with van der Waals surface area (Å²) in [5.74, 6) is -1.07. The van der Waals surface area contributed by atoms with Crippen molar-refractivity contribution >= 4 is 11.9 Å². The summed E-state index contributed by atoms with van der Waals surface area (Å²) in [7, 11) is 0. The number of hydrogen-bond donors (Lipinski definition) is 2. The van der Waals surface area contributed by atoms with E-state index < -0.39 is 5.97 Å². The minimum Gasteiger partial charge on any atom is -0.481 e. The largest absolute Gasteiger partial charge is 0.481 e. The molecule has 1 heterocycles. The molecule has 1 aromatic heterocycles. The molecule has 0 spiro atoms. The van der Waals surface area contributed by atoms with E-state index in [0.717, 1.165) is 0 Å². The number of aromatic nitrogens is 3. The van der Waals surface area contributed by atoms with E-state index in [1.807, 2.05) is 0 Å². The average molecular weight is 226 g/mol. The fourth-order valence-corrected chi connectivity index (χ4v) is 1.20. The molecular formula is C9H14N4O3. The molecule has 7 heteroatoms. The van der Waals surface area contributed by atoms with Gasteiger partial charge in [-0.2, -0.15) is 0 Å². The number of aliphatic carboxylic acids is 1. The molecule has 2 N–H and O–H groups in total. The van der Waals surface area contributed by atoms with Crippen molar-refractivity contribution in [1.82, 2.24) is 20.3 Å². The smallest absolute Gasteiger partial charge is 0.303 e. The van der Waals surface area contributed by atoms with E-state index in [2.05, 4.69) is 15.6 Å². The molecule has 1 unspecified atom stereocenters. The van der Waals surface area contributed by atoms with Gasteiger partial charge in [-0.05, 0) is 13.3 Å². The van der Waals surface area contributed by atoms with Crippen LogP contribution in [0.15, 0.2) is 12.4 Å². The van der Waals surface area contributed by atoms with Gasteiger partial charge in [-0.15, -0.1) is 5.10 Å². The highest BCUT2D eigenvalue weighted by Gasteiger charge is 2.09. The molecule has 88 valence electrons. The van der Waals surface area contributed by atoms with Gasteiger partial charge in [-0.1, -0.05) is 5.21 Å². The van der Waals surface area contributed by atoms with Gasteiger partial charge in [0.25, 0.3) is 0 Å². The normalized spacial score (nSPS) is 12.1. The topological polar surface area (TPSA) is 97.1 Å². The van der Waals surface area contributed by atoms with Gasteiger partial charge in [-0.3, -0.25) is 9.59 Å². The molecule has 16 heavy (non-hydrogen) atoms. The predicted octanol–water partition coefficient (Wildman–Crippen LogP) is -0.352. The summed E-state index contributed by atoms with van der Waals surface area (Å²) in [6.07, 6.45) is 3.53. The van der Waals surface area contributed by atoms with Gasteiger partial charge in [-0.25, -0.2) is 4.68 Å². The minimum absolute atomic E-state index is 0.0464. The van der Waals surface area contributed by atoms with Gasteiger partial charge in [0.1, 0.15) is 6.54 Å². The second-order valence-corrected chi connectivity index (χ2v) is 3.50. The zero-order valence-electron chi connectivity index (χ0n) is 8.96. The van der Waals surface area contributed by atoms with Crippen LogP contribution in [0.1, 0.15) is 19.8 Å². The predicted molar refractivity (Wildman–Crippen MR) is 54.5 cm³/mol. The van der Waals surface area contributed by atoms with Crippen LogP contribution >= 0.6 is 0 Å². The van der Waals surface area contributed by atoms with E-state index in [4.69, 9.17) is 5.11 Å². The van der Waals surface area contributed by atoms with Crippen molar-refractivity contribution in [3.63, 3.8) is 0 Å². The standard InChI is InChI=1S/C9H14N4O3/c1-7(2-3-9(15)16)11-8(14)6-13-5-4-10-12-13/h4-5,7H,2-3,6H2,1H3,(H,11,14)(H,15,16). The second-order valence-electron chi connectivity index (χ2n) is 3.50. The van der Waals surface area contributed by atoms with Crippen LogP contribution in [0, 0.1) is 0 Å². The first-order chi connectivity index (χ1) is 7.58. The van der Waals surface area contributed by atoms with E-state index in [1.54, 1.807) is 13.1 Å². The van der Waals surface area contributed by atoms with Gasteiger partial charge in [0.05, 0.1) is 6.20 Å². The van der Waals surface area contributed by atoms with E-state index >= 15 is 0 Å². The number of hydrogen-bond acceptors (Lipinski definition) is 4. The Morgan fingerprint density at radius 1 is 1.56 bits per heavy atom. The highest BCUT2D eigenvalue weighted by Crippen LogP contribution is 1.96. The Morgan fingerprint density at radius 2 is 2.31 bits per heavy atom. The zero-order chi connectivity index (χ0) is 12.0. The lowest BCUT2D eigenvalue weighted by Gasteiger charge is -2.12. The van der Waals surface area contributed by atoms with Crippen molar-refractivity contribution < 1.29 is 14.7 Å². The fraction of sp³-hybridized carbons (Fsp3) is 0.556. The maximum absolute atomic E-state index is 11.4. The summed E-state index contributed by atoms with van der Waals surface area (Å²) in [5, 5.41) is 18.4. The van der Waals surface area contributed by atoms with E-state index in [9.17, 15) is 9.59 Å². The van der Waals surface area contributed by atoms with Crippen molar-refractivity contribution in [1.29, 1.82) is 0 Å². The van der Waals surface area contributed by atoms with Crippen LogP contribution < -0.4 is 5.32 Å². The molecule has 1 aromatic rings. The third kappa shape index (κ3) is 4.54. The summed E-state index contributed by atoms with van der Waals surface area (Å²) >= 11 is 0. The first kappa shape index (κ1) is 12.2. The molecule has 0 saturated heterocycles. The minimum atomic E-state index is -0.864. The van der Waals surface area contributed by atoms with Crippen LogP contribution in [0.25, 0.3) is 0 Å². The highest BCUT2D eigenvalue weighted by molar-refractivity contribution is 5.76. The van der Waals surface area contributed by atoms with Crippen LogP contribution in [0.4, 0.5) is 0 Å². The third-order valence-corrected chi connectivity index (χ3v) is 1.98. The lowest BCUT2D eigenvalue weighted by Crippen LogP contribution is -2.35. The van der Waals surface area contributed by atoms with Crippen LogP contribution in [-0.4, -0.2) is 38.0 Å². The molecule has 0 aliphatic heterocycles. The molecule has 0 aliphatic carbocycles. The summed E-state index contributed by atoms with van der Waals surface area (Å²) in [6.45, 7) is 1.86. The lowest BCUT2D eigenvalue weighted by molar-refractivity contribution is -0.137. The molecule has 0 fully saturated rings. The number of carbonyl (C=O) groups is 2. The molecule has 7 nitrogen and oxygen atoms in total. The number of nitrogens with one attached hydrogen (secondary N) is 1. The summed E-state index contributed by atoms with van der Waals surface area (Å²) in [6, 6.07) is -0.160. The van der Waals surface area contributed by atoms with E-state index in [1.165, 1.54) is 10.9 Å². The Bertz CT molecular complexity index is 350. The number of carboxylic acid groups (broad SMARTS) is 1. The van der Waals surface area contributed by atoms with Gasteiger partial charge < -0.3 is 10.4 Å². The Kier molecular flexibility index (Phi) is 4.43. The quantitative estimate of drug-likeness (QED) is 0.690. The van der Waals surface area contributed by atoms with Gasteiger partial charge in [0, 0.05) is 18.7 Å². The third-order valence-electron chi connectivity index (χ3n) is 1.98. The van der Waals surface area contributed by atoms with Crippen LogP contribution in [0.3, 0.4) is 0 Å². The summed E-state index contributed by atoms with van der Waals surface area (Å²) in [4.78, 5) is 21.7. The number of nitrogens with zero attached hydrogens (tertiary/aromatic N) is 3. The molecule has 1 rings (SSSR count). The highest BCUT2D eigenvalue weighted by atomic mass is 16.4. The SMILES string of the molecule is CC(CCC(=O)O)NC(=O)Cn1ccnn1. The lowest BCUT2D eigenvalue weighted by atomic mass is 10.2. The summed E-state index contributed by atoms with van der Waals surface area (Å²) in [5.41, 5.74) is 0. The zero-order valence-corrected chi connectivity index (χ0v) is 8.96. The van der Waals surface area contributed by atoms with E-state index in [-0.39, 0.29) is 24.9 Å². The van der Waals surface area contributed by atoms with E-state index in [0.29, 0.717) is 6.42 Å². The molecular weight excluding hydrogens is 212 g/mol. The van der Waals surface area contributed by atoms with Gasteiger partial charge in [0.15, 0.2) is 0 Å². The monoisotopic (exact) mass is 226 g/mol. The molecule has 0 saturated carbocycles. The molecule has 1 atom stereocenters. The Morgan fingerprint density at radius 3 is 2.88 bits per heavy atom. The molecule has 0 radical (unpaired) electrons. The first-order valence-electron chi connectivity index (χ1n) is 4.93. The molecule has 0 bridgehead atoms. The Hall–Kier alpha value is -1.92. The number of amides is 1. The molecule has 0 aliphatic rings. The number of carboxylic acids is 1. The van der Waals surface area contributed by atoms with Crippen LogP contribution in [0.2, 0.25) is 0 Å². The van der Waals surface area contributed by atoms with Crippen molar-refractivity contribution in [3.05, 3.63) is 12.4 Å². The summed E-state index contributed by atoms with van der Waals surface area (Å²) < 4.78 is 1.40. The van der Waals surface area contributed by atoms with Crippen molar-refractivity contribution in [2.45, 2.75) is 32.4 Å². The maximum Gasteiger partial charge on any atom is 0.303 e. The first-order valence-corrected chi connectivity index (χ1v) is 4.93. The number of carbonyl (C=O) groups excluding carboxylic acids is 1. The Labute approximate surface area is 92.4 Å². The number of rotatable bonds is 6. The van der Waals surface area contributed by atoms with Crippen molar-refractivity contribution in [3.8, 4) is 0 Å². The molecule has 1 amide bonds. The van der Waals surface area contributed by atoms with Crippen molar-refractivity contribution in [2.75, 3.05) is 0 Å². The second kappa shape index (κ2) is 5.84.